The first-order valence-corrected chi connectivity index (χ1v) is 6.32. The summed E-state index contributed by atoms with van der Waals surface area (Å²) in [5.41, 5.74) is 8.12. The Hall–Kier alpha value is -0.960. The van der Waals surface area contributed by atoms with E-state index in [2.05, 4.69) is 29.9 Å². The molecule has 0 spiro atoms. The van der Waals surface area contributed by atoms with Crippen molar-refractivity contribution in [1.29, 1.82) is 0 Å². The fourth-order valence-corrected chi connectivity index (χ4v) is 1.84. The average Bonchev–Trinajstić information content (AvgIpc) is 3.12. The molecule has 1 saturated carbocycles. The zero-order valence-electron chi connectivity index (χ0n) is 10.2. The van der Waals surface area contributed by atoms with Crippen LogP contribution in [0.2, 0.25) is 0 Å². The highest BCUT2D eigenvalue weighted by atomic mass is 14.9. The van der Waals surface area contributed by atoms with Gasteiger partial charge in [0.25, 0.3) is 0 Å². The van der Waals surface area contributed by atoms with Crippen LogP contribution >= 0.6 is 0 Å². The van der Waals surface area contributed by atoms with Crippen molar-refractivity contribution in [2.45, 2.75) is 51.4 Å². The van der Waals surface area contributed by atoms with E-state index in [1.165, 1.54) is 24.2 Å². The van der Waals surface area contributed by atoms with Gasteiger partial charge in [-0.2, -0.15) is 0 Å². The van der Waals surface area contributed by atoms with E-state index in [4.69, 9.17) is 5.73 Å². The van der Waals surface area contributed by atoms with Crippen molar-refractivity contribution in [3.8, 4) is 0 Å². The maximum atomic E-state index is 5.69. The van der Waals surface area contributed by atoms with Crippen molar-refractivity contribution in [3.63, 3.8) is 0 Å². The topological polar surface area (TPSA) is 51.8 Å². The molecule has 1 fully saturated rings. The summed E-state index contributed by atoms with van der Waals surface area (Å²) in [5, 5.41) is 0. The molecule has 1 aliphatic carbocycles. The molecule has 3 nitrogen and oxygen atoms in total. The molecule has 0 bridgehead atoms. The fourth-order valence-electron chi connectivity index (χ4n) is 1.84. The number of nitrogens with two attached hydrogens (primary N) is 1. The molecule has 2 rings (SSSR count). The van der Waals surface area contributed by atoms with Crippen molar-refractivity contribution >= 4 is 0 Å². The van der Waals surface area contributed by atoms with Crippen LogP contribution in [0.3, 0.4) is 0 Å². The number of rotatable bonds is 5. The Labute approximate surface area is 97.5 Å². The first-order chi connectivity index (χ1) is 7.74. The van der Waals surface area contributed by atoms with Crippen molar-refractivity contribution in [1.82, 2.24) is 9.97 Å². The van der Waals surface area contributed by atoms with Gasteiger partial charge in [0, 0.05) is 29.8 Å². The summed E-state index contributed by atoms with van der Waals surface area (Å²) in [7, 11) is 0. The van der Waals surface area contributed by atoms with Gasteiger partial charge in [0.15, 0.2) is 0 Å². The highest BCUT2D eigenvalue weighted by Crippen LogP contribution is 2.39. The Balaban J connectivity index is 2.28. The molecule has 0 aromatic carbocycles. The smallest absolute Gasteiger partial charge is 0.132 e. The van der Waals surface area contributed by atoms with E-state index in [0.29, 0.717) is 12.5 Å². The van der Waals surface area contributed by atoms with Crippen LogP contribution in [0.4, 0.5) is 0 Å². The SMILES string of the molecule is CCCc1cc(C2CC2)nc(C(C)CN)n1. The average molecular weight is 219 g/mol. The molecule has 1 aromatic rings. The van der Waals surface area contributed by atoms with Crippen LogP contribution in [0, 0.1) is 0 Å². The number of hydrogen-bond acceptors (Lipinski definition) is 3. The van der Waals surface area contributed by atoms with Crippen LogP contribution in [0.1, 0.15) is 62.2 Å². The third-order valence-electron chi connectivity index (χ3n) is 3.11. The lowest BCUT2D eigenvalue weighted by Crippen LogP contribution is -2.14. The van der Waals surface area contributed by atoms with Crippen molar-refractivity contribution in [3.05, 3.63) is 23.3 Å². The Morgan fingerprint density at radius 2 is 2.19 bits per heavy atom. The third kappa shape index (κ3) is 2.59. The molecule has 2 N–H and O–H groups in total. The fraction of sp³-hybridized carbons (Fsp3) is 0.692. The van der Waals surface area contributed by atoms with Gasteiger partial charge in [-0.3, -0.25) is 0 Å². The largest absolute Gasteiger partial charge is 0.330 e. The predicted octanol–water partition coefficient (Wildman–Crippen LogP) is 2.37. The summed E-state index contributed by atoms with van der Waals surface area (Å²) in [4.78, 5) is 9.27. The lowest BCUT2D eigenvalue weighted by molar-refractivity contribution is 0.687. The van der Waals surface area contributed by atoms with E-state index in [0.717, 1.165) is 18.7 Å². The highest BCUT2D eigenvalue weighted by Gasteiger charge is 2.26. The Kier molecular flexibility index (Phi) is 3.54. The van der Waals surface area contributed by atoms with Crippen molar-refractivity contribution < 1.29 is 0 Å². The lowest BCUT2D eigenvalue weighted by Gasteiger charge is -2.11. The van der Waals surface area contributed by atoms with E-state index in [1.54, 1.807) is 0 Å². The summed E-state index contributed by atoms with van der Waals surface area (Å²) < 4.78 is 0. The standard InChI is InChI=1S/C13H21N3/c1-3-4-11-7-12(10-5-6-10)16-13(15-11)9(2)8-14/h7,9-10H,3-6,8,14H2,1-2H3. The second-order valence-corrected chi connectivity index (χ2v) is 4.80. The zero-order valence-corrected chi connectivity index (χ0v) is 10.2. The predicted molar refractivity (Wildman–Crippen MR) is 65.5 cm³/mol. The van der Waals surface area contributed by atoms with Crippen LogP contribution in [-0.4, -0.2) is 16.5 Å². The maximum Gasteiger partial charge on any atom is 0.132 e. The molecule has 0 radical (unpaired) electrons. The molecule has 1 unspecified atom stereocenters. The molecule has 0 amide bonds. The summed E-state index contributed by atoms with van der Waals surface area (Å²) in [6.07, 6.45) is 4.77. The first kappa shape index (κ1) is 11.5. The molecule has 88 valence electrons. The molecule has 1 heterocycles. The molecule has 3 heteroatoms. The third-order valence-corrected chi connectivity index (χ3v) is 3.11. The normalized spacial score (nSPS) is 17.4. The van der Waals surface area contributed by atoms with E-state index < -0.39 is 0 Å². The molecular formula is C13H21N3. The van der Waals surface area contributed by atoms with Crippen LogP contribution in [0.25, 0.3) is 0 Å². The maximum absolute atomic E-state index is 5.69. The number of nitrogens with zero attached hydrogens (tertiary/aromatic N) is 2. The summed E-state index contributed by atoms with van der Waals surface area (Å²) >= 11 is 0. The van der Waals surface area contributed by atoms with E-state index in [1.807, 2.05) is 0 Å². The van der Waals surface area contributed by atoms with Gasteiger partial charge in [0.2, 0.25) is 0 Å². The Bertz CT molecular complexity index is 358. The summed E-state index contributed by atoms with van der Waals surface area (Å²) in [6, 6.07) is 2.19. The summed E-state index contributed by atoms with van der Waals surface area (Å²) in [5.74, 6) is 1.91. The zero-order chi connectivity index (χ0) is 11.5. The van der Waals surface area contributed by atoms with Crippen LogP contribution in [0.15, 0.2) is 6.07 Å². The van der Waals surface area contributed by atoms with Crippen molar-refractivity contribution in [2.75, 3.05) is 6.54 Å². The lowest BCUT2D eigenvalue weighted by atomic mass is 10.1. The van der Waals surface area contributed by atoms with Crippen molar-refractivity contribution in [2.24, 2.45) is 5.73 Å². The highest BCUT2D eigenvalue weighted by molar-refractivity contribution is 5.20. The molecule has 1 aromatic heterocycles. The quantitative estimate of drug-likeness (QED) is 0.827. The molecule has 1 aliphatic rings. The number of hydrogen-bond donors (Lipinski definition) is 1. The van der Waals surface area contributed by atoms with Crippen LogP contribution < -0.4 is 5.73 Å². The number of aryl methyl sites for hydroxylation is 1. The van der Waals surface area contributed by atoms with Gasteiger partial charge in [-0.25, -0.2) is 9.97 Å². The van der Waals surface area contributed by atoms with Gasteiger partial charge in [-0.05, 0) is 25.3 Å². The van der Waals surface area contributed by atoms with Crippen LogP contribution in [-0.2, 0) is 6.42 Å². The summed E-state index contributed by atoms with van der Waals surface area (Å²) in [6.45, 7) is 4.91. The minimum Gasteiger partial charge on any atom is -0.330 e. The Morgan fingerprint density at radius 3 is 2.75 bits per heavy atom. The minimum absolute atomic E-state index is 0.273. The number of aromatic nitrogens is 2. The molecule has 16 heavy (non-hydrogen) atoms. The molecule has 0 saturated heterocycles. The van der Waals surface area contributed by atoms with Gasteiger partial charge in [0.05, 0.1) is 0 Å². The van der Waals surface area contributed by atoms with Gasteiger partial charge >= 0.3 is 0 Å². The Morgan fingerprint density at radius 1 is 1.44 bits per heavy atom. The van der Waals surface area contributed by atoms with E-state index >= 15 is 0 Å². The molecule has 0 aliphatic heterocycles. The monoisotopic (exact) mass is 219 g/mol. The molecule has 1 atom stereocenters. The van der Waals surface area contributed by atoms with Crippen LogP contribution in [0.5, 0.6) is 0 Å². The minimum atomic E-state index is 0.273. The second-order valence-electron chi connectivity index (χ2n) is 4.80. The van der Waals surface area contributed by atoms with Gasteiger partial charge < -0.3 is 5.73 Å². The van der Waals surface area contributed by atoms with Gasteiger partial charge in [-0.15, -0.1) is 0 Å². The first-order valence-electron chi connectivity index (χ1n) is 6.32. The second kappa shape index (κ2) is 4.91. The van der Waals surface area contributed by atoms with Gasteiger partial charge in [-0.1, -0.05) is 20.3 Å². The van der Waals surface area contributed by atoms with Gasteiger partial charge in [0.1, 0.15) is 5.82 Å². The molecular weight excluding hydrogens is 198 g/mol. The van der Waals surface area contributed by atoms with E-state index in [9.17, 15) is 0 Å². The van der Waals surface area contributed by atoms with E-state index in [-0.39, 0.29) is 5.92 Å².